The van der Waals surface area contributed by atoms with Gasteiger partial charge in [0.1, 0.15) is 5.69 Å². The second kappa shape index (κ2) is 9.04. The maximum absolute atomic E-state index is 12.4. The lowest BCUT2D eigenvalue weighted by molar-refractivity contribution is 0.262. The highest BCUT2D eigenvalue weighted by Crippen LogP contribution is 2.23. The maximum Gasteiger partial charge on any atom is 0.326 e. The van der Waals surface area contributed by atoms with Crippen LogP contribution in [0, 0.1) is 0 Å². The highest BCUT2D eigenvalue weighted by atomic mass is 16.5. The molecule has 0 spiro atoms. The molecule has 156 valence electrons. The Hall–Kier alpha value is -4.27. The maximum atomic E-state index is 12.4. The summed E-state index contributed by atoms with van der Waals surface area (Å²) in [6.45, 7) is 2.06. The fourth-order valence-corrected chi connectivity index (χ4v) is 3.04. The minimum absolute atomic E-state index is 0.0748. The largest absolute Gasteiger partial charge is 0.480 e. The lowest BCUT2D eigenvalue weighted by Crippen LogP contribution is -2.21. The third-order valence-corrected chi connectivity index (χ3v) is 4.59. The van der Waals surface area contributed by atoms with E-state index in [1.807, 2.05) is 36.5 Å². The topological polar surface area (TPSA) is 114 Å². The molecule has 0 bridgehead atoms. The van der Waals surface area contributed by atoms with Crippen molar-refractivity contribution in [1.29, 1.82) is 0 Å². The summed E-state index contributed by atoms with van der Waals surface area (Å²) in [6, 6.07) is 12.7. The van der Waals surface area contributed by atoms with Crippen molar-refractivity contribution in [3.05, 3.63) is 72.8 Å². The third kappa shape index (κ3) is 4.84. The summed E-state index contributed by atoms with van der Waals surface area (Å²) in [5.74, 6) is 0.501. The number of amides is 2. The Morgan fingerprint density at radius 2 is 1.90 bits per heavy atom. The van der Waals surface area contributed by atoms with Crippen molar-refractivity contribution in [2.24, 2.45) is 0 Å². The molecule has 0 aliphatic rings. The molecule has 9 nitrogen and oxygen atoms in total. The average molecular weight is 415 g/mol. The molecule has 3 heterocycles. The molecule has 0 saturated carbocycles. The van der Waals surface area contributed by atoms with E-state index in [-0.39, 0.29) is 12.0 Å². The summed E-state index contributed by atoms with van der Waals surface area (Å²) in [7, 11) is 1.48. The molecule has 2 amide bonds. The van der Waals surface area contributed by atoms with Crippen LogP contribution >= 0.6 is 0 Å². The third-order valence-electron chi connectivity index (χ3n) is 4.59. The van der Waals surface area contributed by atoms with E-state index >= 15 is 0 Å². The second-order valence-corrected chi connectivity index (χ2v) is 6.76. The summed E-state index contributed by atoms with van der Waals surface area (Å²) < 4.78 is 5.14. The van der Waals surface area contributed by atoms with Gasteiger partial charge in [0.25, 0.3) is 0 Å². The number of carbonyl (C=O) groups excluding carboxylic acids is 1. The first-order chi connectivity index (χ1) is 15.1. The zero-order valence-corrected chi connectivity index (χ0v) is 17.0. The average Bonchev–Trinajstić information content (AvgIpc) is 2.79. The van der Waals surface area contributed by atoms with E-state index in [2.05, 4.69) is 42.8 Å². The van der Waals surface area contributed by atoms with Crippen molar-refractivity contribution in [3.8, 4) is 5.88 Å². The fourth-order valence-electron chi connectivity index (χ4n) is 3.04. The molecule has 0 radical (unpaired) electrons. The van der Waals surface area contributed by atoms with Crippen LogP contribution in [0.25, 0.3) is 10.9 Å². The van der Waals surface area contributed by atoms with Gasteiger partial charge in [-0.1, -0.05) is 6.07 Å². The predicted molar refractivity (Wildman–Crippen MR) is 119 cm³/mol. The van der Waals surface area contributed by atoms with Gasteiger partial charge in [0.15, 0.2) is 0 Å². The van der Waals surface area contributed by atoms with Gasteiger partial charge in [-0.25, -0.2) is 19.7 Å². The van der Waals surface area contributed by atoms with E-state index in [1.54, 1.807) is 30.7 Å². The zero-order chi connectivity index (χ0) is 21.6. The van der Waals surface area contributed by atoms with Crippen molar-refractivity contribution >= 4 is 34.3 Å². The minimum Gasteiger partial charge on any atom is -0.480 e. The van der Waals surface area contributed by atoms with E-state index in [0.29, 0.717) is 17.1 Å². The molecule has 3 aromatic heterocycles. The number of hydrogen-bond acceptors (Lipinski definition) is 7. The van der Waals surface area contributed by atoms with E-state index in [4.69, 9.17) is 4.74 Å². The molecule has 1 unspecified atom stereocenters. The van der Waals surface area contributed by atoms with Gasteiger partial charge < -0.3 is 15.4 Å². The molecule has 1 atom stereocenters. The Morgan fingerprint density at radius 1 is 1.03 bits per heavy atom. The number of carbonyl (C=O) groups is 1. The molecule has 4 aromatic rings. The Bertz CT molecular complexity index is 1200. The number of hydrogen-bond donors (Lipinski definition) is 3. The van der Waals surface area contributed by atoms with E-state index in [1.165, 1.54) is 7.11 Å². The Balaban J connectivity index is 1.48. The molecule has 0 fully saturated rings. The number of pyridine rings is 2. The van der Waals surface area contributed by atoms with E-state index < -0.39 is 6.03 Å². The number of ether oxygens (including phenoxy) is 1. The molecule has 0 saturated heterocycles. The van der Waals surface area contributed by atoms with E-state index in [0.717, 1.165) is 16.6 Å². The number of fused-ring (bicyclic) bond motifs is 1. The number of rotatable bonds is 6. The summed E-state index contributed by atoms with van der Waals surface area (Å²) in [5.41, 5.74) is 3.13. The highest BCUT2D eigenvalue weighted by Gasteiger charge is 2.11. The smallest absolute Gasteiger partial charge is 0.326 e. The quantitative estimate of drug-likeness (QED) is 0.431. The normalized spacial score (nSPS) is 11.5. The first-order valence-corrected chi connectivity index (χ1v) is 9.62. The predicted octanol–water partition coefficient (Wildman–Crippen LogP) is 4.25. The van der Waals surface area contributed by atoms with Gasteiger partial charge in [0.2, 0.25) is 11.8 Å². The number of urea groups is 1. The fraction of sp³-hybridized carbons (Fsp3) is 0.136. The SMILES string of the molecule is COc1ncccc1NC(=O)Nc1ncc2ccc(NC(C)c3cccnc3)cc2n1. The minimum atomic E-state index is -0.495. The Kier molecular flexibility index (Phi) is 5.84. The monoisotopic (exact) mass is 415 g/mol. The van der Waals surface area contributed by atoms with Crippen LogP contribution < -0.4 is 20.7 Å². The first-order valence-electron chi connectivity index (χ1n) is 9.62. The van der Waals surface area contributed by atoms with Crippen LogP contribution in [0.3, 0.4) is 0 Å². The molecule has 9 heteroatoms. The second-order valence-electron chi connectivity index (χ2n) is 6.76. The number of nitrogens with zero attached hydrogens (tertiary/aromatic N) is 4. The van der Waals surface area contributed by atoms with Crippen LogP contribution in [-0.2, 0) is 0 Å². The first kappa shape index (κ1) is 20.0. The number of benzene rings is 1. The summed E-state index contributed by atoms with van der Waals surface area (Å²) in [6.07, 6.45) is 6.82. The molecular weight excluding hydrogens is 394 g/mol. The number of aromatic nitrogens is 4. The van der Waals surface area contributed by atoms with Crippen molar-refractivity contribution in [1.82, 2.24) is 19.9 Å². The van der Waals surface area contributed by atoms with Gasteiger partial charge in [-0.15, -0.1) is 0 Å². The van der Waals surface area contributed by atoms with Crippen LogP contribution in [0.2, 0.25) is 0 Å². The lowest BCUT2D eigenvalue weighted by atomic mass is 10.1. The molecule has 1 aromatic carbocycles. The van der Waals surface area contributed by atoms with Gasteiger partial charge in [0, 0.05) is 35.9 Å². The van der Waals surface area contributed by atoms with Crippen LogP contribution in [0.5, 0.6) is 5.88 Å². The summed E-state index contributed by atoms with van der Waals surface area (Å²) in [4.78, 5) is 29.2. The Labute approximate surface area is 178 Å². The number of methoxy groups -OCH3 is 1. The summed E-state index contributed by atoms with van der Waals surface area (Å²) >= 11 is 0. The number of anilines is 3. The summed E-state index contributed by atoms with van der Waals surface area (Å²) in [5, 5.41) is 9.61. The van der Waals surface area contributed by atoms with Crippen molar-refractivity contribution in [2.75, 3.05) is 23.1 Å². The van der Waals surface area contributed by atoms with Gasteiger partial charge in [-0.05, 0) is 48.9 Å². The van der Waals surface area contributed by atoms with Crippen LogP contribution in [0.15, 0.2) is 67.3 Å². The molecule has 0 aliphatic carbocycles. The molecule has 0 aliphatic heterocycles. The van der Waals surface area contributed by atoms with E-state index in [9.17, 15) is 4.79 Å². The number of nitrogens with one attached hydrogen (secondary N) is 3. The van der Waals surface area contributed by atoms with Crippen molar-refractivity contribution in [2.45, 2.75) is 13.0 Å². The van der Waals surface area contributed by atoms with Crippen molar-refractivity contribution in [3.63, 3.8) is 0 Å². The molecule has 31 heavy (non-hydrogen) atoms. The van der Waals surface area contributed by atoms with Gasteiger partial charge in [-0.2, -0.15) is 0 Å². The van der Waals surface area contributed by atoms with Gasteiger partial charge in [-0.3, -0.25) is 10.3 Å². The highest BCUT2D eigenvalue weighted by molar-refractivity contribution is 5.99. The van der Waals surface area contributed by atoms with Gasteiger partial charge in [0.05, 0.1) is 18.7 Å². The zero-order valence-electron chi connectivity index (χ0n) is 17.0. The lowest BCUT2D eigenvalue weighted by Gasteiger charge is -2.15. The molecular formula is C22H21N7O2. The Morgan fingerprint density at radius 3 is 2.71 bits per heavy atom. The van der Waals surface area contributed by atoms with Crippen LogP contribution in [0.1, 0.15) is 18.5 Å². The standard InChI is InChI=1S/C22H21N7O2/c1-14(15-5-3-9-23-12-15)26-17-8-7-16-13-25-21(27-19(16)11-17)29-22(30)28-18-6-4-10-24-20(18)31-2/h3-14,26H,1-2H3,(H2,25,27,28,29,30). The van der Waals surface area contributed by atoms with Crippen molar-refractivity contribution < 1.29 is 9.53 Å². The molecule has 4 rings (SSSR count). The van der Waals surface area contributed by atoms with Gasteiger partial charge >= 0.3 is 6.03 Å². The van der Waals surface area contributed by atoms with Crippen LogP contribution in [-0.4, -0.2) is 33.1 Å². The van der Waals surface area contributed by atoms with Crippen LogP contribution in [0.4, 0.5) is 22.1 Å². The molecule has 3 N–H and O–H groups in total.